The molecule has 178 valence electrons. The van der Waals surface area contributed by atoms with Crippen molar-refractivity contribution in [3.8, 4) is 50.7 Å². The second-order valence-electron chi connectivity index (χ2n) is 10.3. The summed E-state index contributed by atoms with van der Waals surface area (Å²) in [6, 6.07) is 36.8. The number of ether oxygens (including phenoxy) is 1. The van der Waals surface area contributed by atoms with Gasteiger partial charge in [0.15, 0.2) is 17.3 Å². The molecule has 0 bridgehead atoms. The summed E-state index contributed by atoms with van der Waals surface area (Å²) in [5.74, 6) is 1.84. The Morgan fingerprint density at radius 3 is 2.39 bits per heavy atom. The highest BCUT2D eigenvalue weighted by atomic mass is 16.5. The molecule has 0 aliphatic carbocycles. The molecule has 4 heteroatoms. The molecule has 0 radical (unpaired) electrons. The minimum atomic E-state index is -0.547. The van der Waals surface area contributed by atoms with Crippen LogP contribution in [0.25, 0.3) is 39.2 Å². The summed E-state index contributed by atoms with van der Waals surface area (Å²) in [6.45, 7) is 2.21. The number of hydrogen-bond acceptors (Lipinski definition) is 1. The van der Waals surface area contributed by atoms with Crippen molar-refractivity contribution in [3.05, 3.63) is 138 Å². The molecule has 6 aromatic rings. The summed E-state index contributed by atoms with van der Waals surface area (Å²) in [5.41, 5.74) is 11.6. The lowest BCUT2D eigenvalue weighted by Gasteiger charge is -2.25. The van der Waals surface area contributed by atoms with Gasteiger partial charge in [-0.2, -0.15) is 0 Å². The Kier molecular flexibility index (Phi) is 3.64. The van der Waals surface area contributed by atoms with Crippen molar-refractivity contribution in [1.82, 2.24) is 4.68 Å². The van der Waals surface area contributed by atoms with Crippen molar-refractivity contribution in [2.24, 2.45) is 0 Å². The molecular formula is C34H23N3O+2. The largest absolute Gasteiger partial charge is 0.455 e. The Morgan fingerprint density at radius 1 is 0.658 bits per heavy atom. The van der Waals surface area contributed by atoms with E-state index in [4.69, 9.17) is 4.74 Å². The second kappa shape index (κ2) is 6.87. The number of benzene rings is 4. The number of fused-ring (bicyclic) bond motifs is 4. The van der Waals surface area contributed by atoms with Gasteiger partial charge in [-0.15, -0.1) is 9.25 Å². The van der Waals surface area contributed by atoms with E-state index in [2.05, 4.69) is 143 Å². The average Bonchev–Trinajstić information content (AvgIpc) is 3.64. The van der Waals surface area contributed by atoms with E-state index in [0.29, 0.717) is 0 Å². The van der Waals surface area contributed by atoms with E-state index >= 15 is 0 Å². The van der Waals surface area contributed by atoms with Gasteiger partial charge < -0.3 is 4.74 Å². The molecule has 38 heavy (non-hydrogen) atoms. The van der Waals surface area contributed by atoms with Crippen LogP contribution in [-0.2, 0) is 5.66 Å². The van der Waals surface area contributed by atoms with Gasteiger partial charge in [0.25, 0.3) is 0 Å². The molecule has 1 spiro atoms. The normalized spacial score (nSPS) is 16.9. The van der Waals surface area contributed by atoms with Gasteiger partial charge in [0, 0.05) is 18.2 Å². The predicted molar refractivity (Wildman–Crippen MR) is 145 cm³/mol. The van der Waals surface area contributed by atoms with E-state index in [0.717, 1.165) is 17.2 Å². The van der Waals surface area contributed by atoms with Crippen molar-refractivity contribution >= 4 is 0 Å². The fourth-order valence-corrected chi connectivity index (χ4v) is 7.03. The van der Waals surface area contributed by atoms with Crippen molar-refractivity contribution in [3.63, 3.8) is 0 Å². The van der Waals surface area contributed by atoms with Crippen LogP contribution < -0.4 is 14.0 Å². The molecular weight excluding hydrogens is 466 g/mol. The van der Waals surface area contributed by atoms with Crippen LogP contribution in [0.15, 0.2) is 122 Å². The zero-order valence-corrected chi connectivity index (χ0v) is 20.8. The lowest BCUT2D eigenvalue weighted by atomic mass is 9.82. The first-order valence-corrected chi connectivity index (χ1v) is 13.0. The summed E-state index contributed by atoms with van der Waals surface area (Å²) >= 11 is 0. The molecule has 4 nitrogen and oxygen atoms in total. The van der Waals surface area contributed by atoms with Gasteiger partial charge in [-0.1, -0.05) is 54.6 Å². The Balaban J connectivity index is 1.42. The second-order valence-corrected chi connectivity index (χ2v) is 10.3. The number of pyridine rings is 1. The molecule has 0 saturated heterocycles. The van der Waals surface area contributed by atoms with Gasteiger partial charge in [0.2, 0.25) is 11.9 Å². The summed E-state index contributed by atoms with van der Waals surface area (Å²) in [6.07, 6.45) is 6.55. The smallest absolute Gasteiger partial charge is 0.447 e. The topological polar surface area (TPSA) is 21.9 Å². The van der Waals surface area contributed by atoms with Gasteiger partial charge in [0.1, 0.15) is 17.2 Å². The van der Waals surface area contributed by atoms with Gasteiger partial charge in [0.05, 0.1) is 11.8 Å². The van der Waals surface area contributed by atoms with Crippen LogP contribution in [0.5, 0.6) is 11.5 Å². The van der Waals surface area contributed by atoms with Crippen LogP contribution >= 0.6 is 0 Å². The predicted octanol–water partition coefficient (Wildman–Crippen LogP) is 6.39. The molecule has 2 aromatic heterocycles. The Morgan fingerprint density at radius 2 is 1.47 bits per heavy atom. The van der Waals surface area contributed by atoms with Crippen LogP contribution in [-0.4, -0.2) is 4.68 Å². The fraction of sp³-hybridized carbons (Fsp3) is 0.0588. The lowest BCUT2D eigenvalue weighted by molar-refractivity contribution is -0.988. The number of hydrogen-bond donors (Lipinski definition) is 0. The Labute approximate surface area is 220 Å². The summed E-state index contributed by atoms with van der Waals surface area (Å²) < 4.78 is 13.8. The quantitative estimate of drug-likeness (QED) is 0.258. The summed E-state index contributed by atoms with van der Waals surface area (Å²) in [5, 5.41) is 0. The monoisotopic (exact) mass is 489 g/mol. The zero-order valence-electron chi connectivity index (χ0n) is 20.8. The molecule has 0 N–H and O–H groups in total. The molecule has 5 heterocycles. The highest BCUT2D eigenvalue weighted by molar-refractivity contribution is 5.92. The molecule has 3 aliphatic heterocycles. The number of nitrogens with zero attached hydrogens (tertiary/aromatic N) is 3. The van der Waals surface area contributed by atoms with E-state index in [1.165, 1.54) is 50.2 Å². The highest BCUT2D eigenvalue weighted by Gasteiger charge is 2.72. The average molecular weight is 490 g/mol. The maximum Gasteiger partial charge on any atom is 0.447 e. The van der Waals surface area contributed by atoms with E-state index in [-0.39, 0.29) is 0 Å². The molecule has 0 amide bonds. The van der Waals surface area contributed by atoms with Crippen molar-refractivity contribution in [2.45, 2.75) is 12.6 Å². The third kappa shape index (κ3) is 2.23. The van der Waals surface area contributed by atoms with Gasteiger partial charge >= 0.3 is 5.66 Å². The minimum absolute atomic E-state index is 0.547. The third-order valence-electron chi connectivity index (χ3n) is 8.40. The van der Waals surface area contributed by atoms with Crippen molar-refractivity contribution in [2.75, 3.05) is 0 Å². The van der Waals surface area contributed by atoms with E-state index in [1.807, 2.05) is 0 Å². The first-order chi connectivity index (χ1) is 18.8. The molecule has 1 atom stereocenters. The first kappa shape index (κ1) is 20.1. The molecule has 9 rings (SSSR count). The van der Waals surface area contributed by atoms with Crippen LogP contribution in [0, 0.1) is 6.92 Å². The molecule has 0 fully saturated rings. The van der Waals surface area contributed by atoms with E-state index < -0.39 is 5.66 Å². The molecule has 0 saturated carbocycles. The number of aryl methyl sites for hydroxylation is 1. The number of aromatic nitrogens is 3. The lowest BCUT2D eigenvalue weighted by Crippen LogP contribution is -2.73. The molecule has 1 unspecified atom stereocenters. The first-order valence-electron chi connectivity index (χ1n) is 13.0. The summed E-state index contributed by atoms with van der Waals surface area (Å²) in [7, 11) is 0. The number of rotatable bonds is 2. The van der Waals surface area contributed by atoms with Crippen molar-refractivity contribution < 1.29 is 14.0 Å². The fourth-order valence-electron chi connectivity index (χ4n) is 7.03. The van der Waals surface area contributed by atoms with Gasteiger partial charge in [-0.05, 0) is 69.8 Å². The van der Waals surface area contributed by atoms with Crippen LogP contribution in [0.2, 0.25) is 0 Å². The molecule has 4 aromatic carbocycles. The van der Waals surface area contributed by atoms with Crippen LogP contribution in [0.1, 0.15) is 16.7 Å². The van der Waals surface area contributed by atoms with E-state index in [1.54, 1.807) is 0 Å². The summed E-state index contributed by atoms with van der Waals surface area (Å²) in [4.78, 5) is 0. The van der Waals surface area contributed by atoms with Gasteiger partial charge in [-0.3, -0.25) is 0 Å². The third-order valence-corrected chi connectivity index (χ3v) is 8.40. The van der Waals surface area contributed by atoms with Crippen LogP contribution in [0.4, 0.5) is 0 Å². The highest BCUT2D eigenvalue weighted by Crippen LogP contribution is 2.58. The van der Waals surface area contributed by atoms with Crippen LogP contribution in [0.3, 0.4) is 0 Å². The van der Waals surface area contributed by atoms with E-state index in [9.17, 15) is 0 Å². The molecule has 3 aliphatic rings. The Bertz CT molecular complexity index is 1970. The minimum Gasteiger partial charge on any atom is -0.455 e. The standard InChI is InChI=1S/C34H23N3O/c1-22-20-29-33-31(30(22)25-13-7-12-24(21-25)23-10-3-2-4-11-23)26-14-5-6-17-35(26)34(33)32-27(15-8-16-28(32)38-29)36-18-9-19-37(34)36/h2-21H,1H3/q+2. The van der Waals surface area contributed by atoms with Crippen molar-refractivity contribution in [1.29, 1.82) is 0 Å². The SMILES string of the molecule is Cc1cc2c3c(c1-c1cccc(-c4ccccc4)c1)-c1cccc[n+]1C31c3c(cccc3-n3ccc[n+]31)O2. The van der Waals surface area contributed by atoms with Gasteiger partial charge in [-0.25, -0.2) is 0 Å². The maximum absolute atomic E-state index is 6.71. The Hall–Kier alpha value is -4.96. The maximum atomic E-state index is 6.71. The zero-order chi connectivity index (χ0) is 25.0.